The molecule has 2 aromatic carbocycles. The van der Waals surface area contributed by atoms with Gasteiger partial charge >= 0.3 is 12.1 Å². The van der Waals surface area contributed by atoms with Crippen LogP contribution in [0.2, 0.25) is 15.1 Å². The number of hydrogen-bond acceptors (Lipinski definition) is 4. The van der Waals surface area contributed by atoms with E-state index in [-0.39, 0.29) is 41.9 Å². The number of nitrogens with zero attached hydrogens (tertiary/aromatic N) is 2. The average molecular weight is 540 g/mol. The first-order valence-electron chi connectivity index (χ1n) is 9.43. The molecule has 2 amide bonds. The molecule has 176 valence electrons. The highest BCUT2D eigenvalue weighted by molar-refractivity contribution is 7.80. The second-order valence-corrected chi connectivity index (χ2v) is 8.63. The predicted molar refractivity (Wildman–Crippen MR) is 126 cm³/mol. The fourth-order valence-corrected chi connectivity index (χ4v) is 3.85. The molecule has 0 aliphatic carbocycles. The normalized spacial score (nSPS) is 14.1. The Labute approximate surface area is 207 Å². The molecule has 0 aromatic heterocycles. The summed E-state index contributed by atoms with van der Waals surface area (Å²) in [4.78, 5) is 26.5. The zero-order valence-corrected chi connectivity index (χ0v) is 19.8. The number of rotatable bonds is 3. The van der Waals surface area contributed by atoms with Gasteiger partial charge in [-0.3, -0.25) is 14.9 Å². The monoisotopic (exact) mass is 538 g/mol. The van der Waals surface area contributed by atoms with Crippen molar-refractivity contribution in [1.29, 1.82) is 0 Å². The van der Waals surface area contributed by atoms with Gasteiger partial charge in [0.15, 0.2) is 5.11 Å². The molecule has 1 aliphatic heterocycles. The van der Waals surface area contributed by atoms with Crippen LogP contribution in [0.1, 0.15) is 10.4 Å². The highest BCUT2D eigenvalue weighted by atomic mass is 35.5. The average Bonchev–Trinajstić information content (AvgIpc) is 2.74. The lowest BCUT2D eigenvalue weighted by atomic mass is 10.2. The van der Waals surface area contributed by atoms with Gasteiger partial charge in [0.1, 0.15) is 0 Å². The first kappa shape index (κ1) is 25.4. The van der Waals surface area contributed by atoms with Gasteiger partial charge in [-0.2, -0.15) is 13.2 Å². The van der Waals surface area contributed by atoms with Crippen LogP contribution in [0.15, 0.2) is 36.4 Å². The second-order valence-electron chi connectivity index (χ2n) is 6.98. The number of thiocarbonyl (C=S) groups is 1. The molecule has 1 fully saturated rings. The number of piperazine rings is 1. The third-order valence-electron chi connectivity index (χ3n) is 4.77. The maximum absolute atomic E-state index is 12.7. The van der Waals surface area contributed by atoms with Crippen LogP contribution in [-0.4, -0.2) is 54.2 Å². The highest BCUT2D eigenvalue weighted by Crippen LogP contribution is 2.31. The lowest BCUT2D eigenvalue weighted by molar-refractivity contribution is -0.185. The number of nitrogens with one attached hydrogen (secondary N) is 2. The van der Waals surface area contributed by atoms with Crippen LogP contribution in [0.25, 0.3) is 0 Å². The Bertz CT molecular complexity index is 1090. The molecule has 6 nitrogen and oxygen atoms in total. The summed E-state index contributed by atoms with van der Waals surface area (Å²) >= 11 is 23.1. The Morgan fingerprint density at radius 2 is 1.61 bits per heavy atom. The van der Waals surface area contributed by atoms with Crippen LogP contribution >= 0.6 is 47.0 Å². The molecular weight excluding hydrogens is 524 g/mol. The molecule has 2 N–H and O–H groups in total. The zero-order valence-electron chi connectivity index (χ0n) is 16.7. The molecule has 3 rings (SSSR count). The predicted octanol–water partition coefficient (Wildman–Crippen LogP) is 4.98. The van der Waals surface area contributed by atoms with Crippen molar-refractivity contribution >= 4 is 75.3 Å². The molecule has 33 heavy (non-hydrogen) atoms. The Balaban J connectivity index is 1.69. The Hall–Kier alpha value is -2.27. The number of hydrogen-bond donors (Lipinski definition) is 2. The number of carbonyl (C=O) groups is 2. The maximum Gasteiger partial charge on any atom is 0.471 e. The summed E-state index contributed by atoms with van der Waals surface area (Å²) < 4.78 is 38.0. The van der Waals surface area contributed by atoms with Gasteiger partial charge in [0.05, 0.1) is 21.4 Å². The standard InChI is InChI=1S/C20H16Cl3F3N4O2S/c21-12-2-4-16(29-5-7-30(8-6-29)18(32)20(24,25)26)15(10-12)27-19(33)28-17(31)11-1-3-13(22)14(23)9-11/h1-4,9-10H,5-8H2,(H2,27,28,31,33). The Morgan fingerprint density at radius 1 is 0.939 bits per heavy atom. The number of benzene rings is 2. The van der Waals surface area contributed by atoms with E-state index < -0.39 is 18.0 Å². The van der Waals surface area contributed by atoms with E-state index in [9.17, 15) is 22.8 Å². The summed E-state index contributed by atoms with van der Waals surface area (Å²) in [7, 11) is 0. The summed E-state index contributed by atoms with van der Waals surface area (Å²) in [5.74, 6) is -2.38. The summed E-state index contributed by atoms with van der Waals surface area (Å²) in [5, 5.41) is 6.27. The van der Waals surface area contributed by atoms with Crippen molar-refractivity contribution in [2.75, 3.05) is 36.4 Å². The highest BCUT2D eigenvalue weighted by Gasteiger charge is 2.43. The number of amides is 2. The lowest BCUT2D eigenvalue weighted by Crippen LogP contribution is -2.52. The van der Waals surface area contributed by atoms with Crippen LogP contribution in [0.3, 0.4) is 0 Å². The van der Waals surface area contributed by atoms with Crippen molar-refractivity contribution in [2.24, 2.45) is 0 Å². The fraction of sp³-hybridized carbons (Fsp3) is 0.250. The topological polar surface area (TPSA) is 64.7 Å². The van der Waals surface area contributed by atoms with Crippen LogP contribution in [0, 0.1) is 0 Å². The van der Waals surface area contributed by atoms with E-state index in [0.29, 0.717) is 21.4 Å². The molecule has 1 heterocycles. The van der Waals surface area contributed by atoms with Gasteiger partial charge in [-0.15, -0.1) is 0 Å². The number of anilines is 2. The molecule has 0 spiro atoms. The fourth-order valence-electron chi connectivity index (χ4n) is 3.18. The van der Waals surface area contributed by atoms with E-state index in [2.05, 4.69) is 10.6 Å². The molecular formula is C20H16Cl3F3N4O2S. The molecule has 13 heteroatoms. The first-order valence-corrected chi connectivity index (χ1v) is 11.0. The summed E-state index contributed by atoms with van der Waals surface area (Å²) in [5.41, 5.74) is 1.28. The van der Waals surface area contributed by atoms with Gasteiger partial charge in [-0.25, -0.2) is 0 Å². The van der Waals surface area contributed by atoms with Crippen LogP contribution in [-0.2, 0) is 4.79 Å². The van der Waals surface area contributed by atoms with Crippen molar-refractivity contribution in [3.63, 3.8) is 0 Å². The molecule has 0 radical (unpaired) electrons. The van der Waals surface area contributed by atoms with Gasteiger partial charge in [0.25, 0.3) is 5.91 Å². The molecule has 0 unspecified atom stereocenters. The molecule has 0 atom stereocenters. The zero-order chi connectivity index (χ0) is 24.3. The third-order valence-corrected chi connectivity index (χ3v) is 5.94. The number of carbonyl (C=O) groups excluding carboxylic acids is 2. The summed E-state index contributed by atoms with van der Waals surface area (Å²) in [6, 6.07) is 9.23. The molecule has 0 saturated carbocycles. The van der Waals surface area contributed by atoms with Crippen LogP contribution < -0.4 is 15.5 Å². The van der Waals surface area contributed by atoms with E-state index in [1.165, 1.54) is 18.2 Å². The molecule has 1 aliphatic rings. The van der Waals surface area contributed by atoms with Gasteiger partial charge in [0.2, 0.25) is 0 Å². The first-order chi connectivity index (χ1) is 15.5. The molecule has 0 bridgehead atoms. The van der Waals surface area contributed by atoms with Crippen LogP contribution in [0.5, 0.6) is 0 Å². The van der Waals surface area contributed by atoms with Crippen molar-refractivity contribution in [2.45, 2.75) is 6.18 Å². The van der Waals surface area contributed by atoms with Gasteiger partial charge in [-0.1, -0.05) is 34.8 Å². The van der Waals surface area contributed by atoms with E-state index in [0.717, 1.165) is 4.90 Å². The van der Waals surface area contributed by atoms with Crippen LogP contribution in [0.4, 0.5) is 24.5 Å². The second kappa shape index (κ2) is 10.3. The minimum atomic E-state index is -4.91. The smallest absolute Gasteiger partial charge is 0.366 e. The van der Waals surface area contributed by atoms with E-state index in [1.54, 1.807) is 23.1 Å². The Morgan fingerprint density at radius 3 is 2.21 bits per heavy atom. The van der Waals surface area contributed by atoms with E-state index in [4.69, 9.17) is 47.0 Å². The lowest BCUT2D eigenvalue weighted by Gasteiger charge is -2.37. The molecule has 1 saturated heterocycles. The van der Waals surface area contributed by atoms with E-state index >= 15 is 0 Å². The third kappa shape index (κ3) is 6.41. The van der Waals surface area contributed by atoms with Gasteiger partial charge in [-0.05, 0) is 48.6 Å². The largest absolute Gasteiger partial charge is 0.471 e. The van der Waals surface area contributed by atoms with Crippen molar-refractivity contribution in [3.05, 3.63) is 57.0 Å². The van der Waals surface area contributed by atoms with Gasteiger partial charge < -0.3 is 15.1 Å². The SMILES string of the molecule is O=C(NC(=S)Nc1cc(Cl)ccc1N1CCN(C(=O)C(F)(F)F)CC1)c1ccc(Cl)c(Cl)c1. The summed E-state index contributed by atoms with van der Waals surface area (Å²) in [6.07, 6.45) is -4.91. The number of halogens is 6. The minimum absolute atomic E-state index is 0.0273. The van der Waals surface area contributed by atoms with Crippen molar-refractivity contribution < 1.29 is 22.8 Å². The number of alkyl halides is 3. The van der Waals surface area contributed by atoms with E-state index in [1.807, 2.05) is 0 Å². The summed E-state index contributed by atoms with van der Waals surface area (Å²) in [6.45, 7) is 0.138. The Kier molecular flexibility index (Phi) is 7.94. The van der Waals surface area contributed by atoms with Gasteiger partial charge in [0, 0.05) is 36.8 Å². The molecule has 2 aromatic rings. The quantitative estimate of drug-likeness (QED) is 0.539. The van der Waals surface area contributed by atoms with Crippen molar-refractivity contribution in [1.82, 2.24) is 10.2 Å². The maximum atomic E-state index is 12.7. The van der Waals surface area contributed by atoms with Crippen molar-refractivity contribution in [3.8, 4) is 0 Å². The minimum Gasteiger partial charge on any atom is -0.366 e.